The number of H-pyrrole nitrogens is 4. The zero-order valence-corrected chi connectivity index (χ0v) is 35.7. The van der Waals surface area contributed by atoms with Crippen LogP contribution in [0.2, 0.25) is 0 Å². The van der Waals surface area contributed by atoms with Crippen molar-refractivity contribution in [2.75, 3.05) is 0 Å². The topological polar surface area (TPSA) is 191 Å². The Balaban J connectivity index is 0.000000191. The van der Waals surface area contributed by atoms with E-state index in [1.807, 2.05) is 0 Å². The smallest absolute Gasteiger partial charge is 0.408 e. The molecule has 18 heteroatoms. The number of rotatable bonds is 10. The largest absolute Gasteiger partial charge is 0.444 e. The third-order valence-corrected chi connectivity index (χ3v) is 9.55. The van der Waals surface area contributed by atoms with Gasteiger partial charge >= 0.3 is 12.2 Å². The first kappa shape index (κ1) is 44.6. The summed E-state index contributed by atoms with van der Waals surface area (Å²) in [6.45, 7) is 10.7. The van der Waals surface area contributed by atoms with Crippen molar-refractivity contribution in [1.29, 1.82) is 0 Å². The molecule has 14 nitrogen and oxygen atoms in total. The van der Waals surface area contributed by atoms with E-state index in [4.69, 9.17) is 9.47 Å². The highest BCUT2D eigenvalue weighted by Crippen LogP contribution is 2.28. The minimum atomic E-state index is -0.667. The van der Waals surface area contributed by atoms with Gasteiger partial charge in [0.15, 0.2) is 0 Å². The second-order valence-electron chi connectivity index (χ2n) is 16.9. The zero-order valence-electron chi connectivity index (χ0n) is 35.7. The molecule has 0 aliphatic rings. The Morgan fingerprint density at radius 1 is 0.562 bits per heavy atom. The van der Waals surface area contributed by atoms with E-state index < -0.39 is 47.1 Å². The van der Waals surface area contributed by atoms with Crippen LogP contribution in [-0.2, 0) is 22.3 Å². The molecule has 2 amide bonds. The minimum Gasteiger partial charge on any atom is -0.444 e. The van der Waals surface area contributed by atoms with Crippen molar-refractivity contribution in [1.82, 2.24) is 50.5 Å². The van der Waals surface area contributed by atoms with E-state index in [-0.39, 0.29) is 11.6 Å². The third kappa shape index (κ3) is 11.5. The number of hydrogen-bond donors (Lipinski definition) is 6. The fourth-order valence-corrected chi connectivity index (χ4v) is 6.78. The van der Waals surface area contributed by atoms with Gasteiger partial charge in [-0.3, -0.25) is 9.97 Å². The van der Waals surface area contributed by atoms with Crippen LogP contribution in [0.15, 0.2) is 97.8 Å². The summed E-state index contributed by atoms with van der Waals surface area (Å²) >= 11 is 0. The molecule has 0 spiro atoms. The molecule has 64 heavy (non-hydrogen) atoms. The summed E-state index contributed by atoms with van der Waals surface area (Å²) in [7, 11) is 0. The number of alkyl carbamates (subject to hydrolysis) is 2. The summed E-state index contributed by atoms with van der Waals surface area (Å²) in [6.07, 6.45) is 8.50. The molecule has 0 fully saturated rings. The van der Waals surface area contributed by atoms with Crippen molar-refractivity contribution in [2.45, 2.75) is 77.7 Å². The number of amides is 2. The number of benzene rings is 2. The molecule has 6 aromatic heterocycles. The summed E-state index contributed by atoms with van der Waals surface area (Å²) in [6, 6.07) is 13.6. The number of aromatic nitrogens is 8. The van der Waals surface area contributed by atoms with Gasteiger partial charge in [0.1, 0.15) is 46.1 Å². The third-order valence-electron chi connectivity index (χ3n) is 9.55. The van der Waals surface area contributed by atoms with Gasteiger partial charge in [-0.15, -0.1) is 0 Å². The number of hydrogen-bond acceptors (Lipinski definition) is 8. The molecule has 0 aliphatic carbocycles. The Kier molecular flexibility index (Phi) is 12.9. The van der Waals surface area contributed by atoms with E-state index in [2.05, 4.69) is 50.5 Å². The Morgan fingerprint density at radius 2 is 0.953 bits per heavy atom. The molecule has 6 N–H and O–H groups in total. The Labute approximate surface area is 364 Å². The molecule has 0 radical (unpaired) electrons. The summed E-state index contributed by atoms with van der Waals surface area (Å²) < 4.78 is 64.3. The lowest BCUT2D eigenvalue weighted by atomic mass is 10.0. The standard InChI is InChI=1S/2C23H23F2N5O2/c2*1-23(2,3)32-22(31)30-19(8-13-10-26-18-9-14(24)4-6-16(13)18)21-28-12-20(29-21)17-7-5-15(25)11-27-17/h2*4-7,9-12,19,26H,8H2,1-3H3,(H,28,29)(H,30,31)/t2*19-/m10/s1. The van der Waals surface area contributed by atoms with Crippen LogP contribution >= 0.6 is 0 Å². The van der Waals surface area contributed by atoms with Crippen molar-refractivity contribution < 1.29 is 36.6 Å². The predicted molar refractivity (Wildman–Crippen MR) is 232 cm³/mol. The molecule has 0 unspecified atom stereocenters. The molecule has 8 rings (SSSR count). The SMILES string of the molecule is CC(C)(C)OC(=O)N[C@@H](Cc1c[nH]c2cc(F)ccc12)c1ncc(-c2ccc(F)cn2)[nH]1.CC(C)(C)OC(=O)N[C@H](Cc1c[nH]c2cc(F)ccc12)c1ncc(-c2ccc(F)cn2)[nH]1. The number of nitrogens with one attached hydrogen (secondary N) is 6. The summed E-state index contributed by atoms with van der Waals surface area (Å²) in [4.78, 5) is 54.4. The quantitative estimate of drug-likeness (QED) is 0.0731. The maximum Gasteiger partial charge on any atom is 0.408 e. The van der Waals surface area contributed by atoms with E-state index in [9.17, 15) is 27.2 Å². The summed E-state index contributed by atoms with van der Waals surface area (Å²) in [5.41, 5.74) is 3.93. The van der Waals surface area contributed by atoms with Crippen LogP contribution < -0.4 is 10.6 Å². The van der Waals surface area contributed by atoms with Gasteiger partial charge in [0.05, 0.1) is 59.6 Å². The molecule has 0 saturated carbocycles. The van der Waals surface area contributed by atoms with Gasteiger partial charge in [0.2, 0.25) is 0 Å². The van der Waals surface area contributed by atoms with Crippen LogP contribution in [0.1, 0.15) is 76.4 Å². The highest BCUT2D eigenvalue weighted by Gasteiger charge is 2.26. The van der Waals surface area contributed by atoms with Gasteiger partial charge in [-0.2, -0.15) is 0 Å². The Bertz CT molecular complexity index is 2680. The second-order valence-corrected chi connectivity index (χ2v) is 16.9. The average molecular weight is 879 g/mol. The summed E-state index contributed by atoms with van der Waals surface area (Å²) in [5, 5.41) is 7.39. The highest BCUT2D eigenvalue weighted by molar-refractivity contribution is 5.84. The average Bonchev–Trinajstić information content (AvgIpc) is 4.04. The van der Waals surface area contributed by atoms with Crippen LogP contribution in [0.3, 0.4) is 0 Å². The van der Waals surface area contributed by atoms with Gasteiger partial charge in [0, 0.05) is 47.0 Å². The molecule has 2 aromatic carbocycles. The number of nitrogens with zero attached hydrogens (tertiary/aromatic N) is 4. The number of fused-ring (bicyclic) bond motifs is 2. The van der Waals surface area contributed by atoms with Crippen LogP contribution in [0.4, 0.5) is 27.2 Å². The van der Waals surface area contributed by atoms with E-state index in [0.717, 1.165) is 34.3 Å². The fourth-order valence-electron chi connectivity index (χ4n) is 6.78. The first-order chi connectivity index (χ1) is 30.4. The Hall–Kier alpha value is -7.50. The highest BCUT2D eigenvalue weighted by atomic mass is 19.1. The van der Waals surface area contributed by atoms with Crippen LogP contribution in [0.25, 0.3) is 44.6 Å². The number of aromatic amines is 4. The molecular weight excluding hydrogens is 833 g/mol. The molecule has 0 aliphatic heterocycles. The number of halogens is 4. The maximum atomic E-state index is 13.6. The lowest BCUT2D eigenvalue weighted by molar-refractivity contribution is 0.0489. The van der Waals surface area contributed by atoms with E-state index >= 15 is 0 Å². The van der Waals surface area contributed by atoms with Crippen molar-refractivity contribution in [3.05, 3.63) is 144 Å². The van der Waals surface area contributed by atoms with Gasteiger partial charge in [-0.25, -0.2) is 37.1 Å². The molecule has 6 heterocycles. The second kappa shape index (κ2) is 18.5. The van der Waals surface area contributed by atoms with Gasteiger partial charge in [0.25, 0.3) is 0 Å². The van der Waals surface area contributed by atoms with Gasteiger partial charge in [-0.1, -0.05) is 0 Å². The van der Waals surface area contributed by atoms with E-state index in [1.165, 1.54) is 48.5 Å². The lowest BCUT2D eigenvalue weighted by Gasteiger charge is -2.23. The molecule has 332 valence electrons. The van der Waals surface area contributed by atoms with Crippen molar-refractivity contribution in [2.24, 2.45) is 0 Å². The van der Waals surface area contributed by atoms with Gasteiger partial charge in [-0.05, 0) is 113 Å². The van der Waals surface area contributed by atoms with E-state index in [0.29, 0.717) is 58.3 Å². The number of ether oxygens (including phenoxy) is 2. The van der Waals surface area contributed by atoms with Gasteiger partial charge < -0.3 is 40.0 Å². The van der Waals surface area contributed by atoms with Crippen LogP contribution in [-0.4, -0.2) is 63.3 Å². The number of carbonyl (C=O) groups is 2. The van der Waals surface area contributed by atoms with Crippen LogP contribution in [0.5, 0.6) is 0 Å². The number of pyridine rings is 2. The number of carbonyl (C=O) groups excluding carboxylic acids is 2. The van der Waals surface area contributed by atoms with Crippen molar-refractivity contribution in [3.63, 3.8) is 0 Å². The predicted octanol–water partition coefficient (Wildman–Crippen LogP) is 10.1. The van der Waals surface area contributed by atoms with E-state index in [1.54, 1.807) is 78.5 Å². The molecular formula is C46H46F4N10O4. The lowest BCUT2D eigenvalue weighted by Crippen LogP contribution is -2.36. The first-order valence-electron chi connectivity index (χ1n) is 20.2. The summed E-state index contributed by atoms with van der Waals surface area (Å²) in [5.74, 6) is -0.585. The Morgan fingerprint density at radius 3 is 1.31 bits per heavy atom. The van der Waals surface area contributed by atoms with Crippen molar-refractivity contribution in [3.8, 4) is 22.8 Å². The number of imidazole rings is 2. The molecule has 2 atom stereocenters. The minimum absolute atomic E-state index is 0.336. The maximum absolute atomic E-state index is 13.6. The molecule has 0 saturated heterocycles. The zero-order chi connectivity index (χ0) is 45.8. The molecule has 8 aromatic rings. The van der Waals surface area contributed by atoms with Crippen molar-refractivity contribution >= 4 is 34.0 Å². The normalized spacial score (nSPS) is 12.7. The van der Waals surface area contributed by atoms with Crippen LogP contribution in [0, 0.1) is 23.3 Å². The fraction of sp³-hybridized carbons (Fsp3) is 0.261. The molecule has 0 bridgehead atoms. The monoisotopic (exact) mass is 878 g/mol. The first-order valence-corrected chi connectivity index (χ1v) is 20.2.